The van der Waals surface area contributed by atoms with Gasteiger partial charge in [-0.1, -0.05) is 48.6 Å². The molecule has 41 heavy (non-hydrogen) atoms. The lowest BCUT2D eigenvalue weighted by atomic mass is 9.98. The lowest BCUT2D eigenvalue weighted by Crippen LogP contribution is -1.96. The van der Waals surface area contributed by atoms with Crippen LogP contribution >= 0.6 is 0 Å². The number of aromatic nitrogens is 2. The molecule has 3 aromatic carbocycles. The van der Waals surface area contributed by atoms with Crippen molar-refractivity contribution in [1.82, 2.24) is 9.97 Å². The molecule has 0 N–H and O–H groups in total. The lowest BCUT2D eigenvalue weighted by molar-refractivity contribution is 0.355. The number of methoxy groups -OCH3 is 4. The molecule has 206 valence electrons. The highest BCUT2D eigenvalue weighted by atomic mass is 16.5. The summed E-state index contributed by atoms with van der Waals surface area (Å²) in [7, 11) is 6.53. The van der Waals surface area contributed by atoms with E-state index in [1.165, 1.54) is 0 Å². The van der Waals surface area contributed by atoms with E-state index in [1.807, 2.05) is 67.0 Å². The summed E-state index contributed by atoms with van der Waals surface area (Å²) in [6.45, 7) is 2.06. The zero-order valence-corrected chi connectivity index (χ0v) is 23.8. The maximum Gasteiger partial charge on any atom is 0.161 e. The molecule has 6 nitrogen and oxygen atoms in total. The number of aryl methyl sites for hydroxylation is 1. The molecule has 0 atom stereocenters. The number of rotatable bonds is 9. The Morgan fingerprint density at radius 2 is 1.10 bits per heavy atom. The molecule has 0 aliphatic carbocycles. The molecule has 0 bridgehead atoms. The van der Waals surface area contributed by atoms with Crippen LogP contribution in [0.15, 0.2) is 91.3 Å². The normalized spacial score (nSPS) is 11.0. The Morgan fingerprint density at radius 1 is 0.512 bits per heavy atom. The van der Waals surface area contributed by atoms with E-state index in [4.69, 9.17) is 28.9 Å². The van der Waals surface area contributed by atoms with E-state index in [2.05, 4.69) is 43.3 Å². The summed E-state index contributed by atoms with van der Waals surface area (Å²) in [5.74, 6) is 2.69. The Kier molecular flexibility index (Phi) is 8.30. The number of ether oxygens (including phenoxy) is 4. The standard InChI is InChI=1S/C35H32N2O4/c1-23-17-29(22-36-34(23)27-14-16-31(39-3)33(20-27)41-5)35-26(12-11-24-9-7-6-8-10-24)18-28(21-37-35)25-13-15-30(38-2)32(19-25)40-4/h6-22H,1-5H3. The van der Waals surface area contributed by atoms with Gasteiger partial charge in [0.1, 0.15) is 0 Å². The van der Waals surface area contributed by atoms with Gasteiger partial charge in [-0.25, -0.2) is 0 Å². The van der Waals surface area contributed by atoms with E-state index >= 15 is 0 Å². The van der Waals surface area contributed by atoms with Gasteiger partial charge < -0.3 is 18.9 Å². The summed E-state index contributed by atoms with van der Waals surface area (Å²) in [5.41, 5.74) is 8.65. The molecule has 0 amide bonds. The summed E-state index contributed by atoms with van der Waals surface area (Å²) in [4.78, 5) is 9.78. The van der Waals surface area contributed by atoms with Gasteiger partial charge in [0, 0.05) is 34.6 Å². The van der Waals surface area contributed by atoms with Crippen LogP contribution < -0.4 is 18.9 Å². The highest BCUT2D eigenvalue weighted by Crippen LogP contribution is 2.36. The van der Waals surface area contributed by atoms with Crippen LogP contribution in [-0.4, -0.2) is 38.4 Å². The van der Waals surface area contributed by atoms with Gasteiger partial charge in [-0.15, -0.1) is 0 Å². The van der Waals surface area contributed by atoms with Crippen LogP contribution in [0.5, 0.6) is 23.0 Å². The molecular formula is C35H32N2O4. The van der Waals surface area contributed by atoms with Crippen LogP contribution in [0.3, 0.4) is 0 Å². The van der Waals surface area contributed by atoms with Crippen molar-refractivity contribution >= 4 is 12.2 Å². The van der Waals surface area contributed by atoms with Crippen molar-refractivity contribution < 1.29 is 18.9 Å². The number of nitrogens with zero attached hydrogens (tertiary/aromatic N) is 2. The zero-order valence-electron chi connectivity index (χ0n) is 23.8. The van der Waals surface area contributed by atoms with Crippen LogP contribution in [-0.2, 0) is 0 Å². The molecule has 5 rings (SSSR count). The minimum absolute atomic E-state index is 0.663. The average Bonchev–Trinajstić information content (AvgIpc) is 3.03. The average molecular weight is 545 g/mol. The predicted molar refractivity (Wildman–Crippen MR) is 165 cm³/mol. The molecular weight excluding hydrogens is 512 g/mol. The molecule has 2 aromatic heterocycles. The SMILES string of the molecule is COc1ccc(-c2cnc(-c3cnc(-c4ccc(OC)c(OC)c4)c(C)c3)c(C=Cc3ccccc3)c2)cc1OC. The van der Waals surface area contributed by atoms with Crippen molar-refractivity contribution in [2.75, 3.05) is 28.4 Å². The first kappa shape index (κ1) is 27.5. The van der Waals surface area contributed by atoms with Crippen molar-refractivity contribution in [1.29, 1.82) is 0 Å². The van der Waals surface area contributed by atoms with E-state index < -0.39 is 0 Å². The Labute approximate surface area is 240 Å². The first-order chi connectivity index (χ1) is 20.0. The van der Waals surface area contributed by atoms with Crippen molar-refractivity contribution in [3.8, 4) is 56.6 Å². The van der Waals surface area contributed by atoms with Crippen molar-refractivity contribution in [3.05, 3.63) is 108 Å². The molecule has 2 heterocycles. The van der Waals surface area contributed by atoms with Crippen molar-refractivity contribution in [3.63, 3.8) is 0 Å². The number of hydrogen-bond donors (Lipinski definition) is 0. The third-order valence-electron chi connectivity index (χ3n) is 6.90. The van der Waals surface area contributed by atoms with Crippen LogP contribution in [0.25, 0.3) is 45.8 Å². The smallest absolute Gasteiger partial charge is 0.161 e. The molecule has 0 saturated heterocycles. The van der Waals surface area contributed by atoms with E-state index in [0.717, 1.165) is 50.3 Å². The van der Waals surface area contributed by atoms with Gasteiger partial charge in [0.05, 0.1) is 39.8 Å². The molecule has 0 fully saturated rings. The van der Waals surface area contributed by atoms with Gasteiger partial charge in [0.25, 0.3) is 0 Å². The summed E-state index contributed by atoms with van der Waals surface area (Å²) in [6.07, 6.45) is 7.95. The number of pyridine rings is 2. The van der Waals surface area contributed by atoms with Crippen LogP contribution in [0.4, 0.5) is 0 Å². The summed E-state index contributed by atoms with van der Waals surface area (Å²) in [6, 6.07) is 26.2. The summed E-state index contributed by atoms with van der Waals surface area (Å²) >= 11 is 0. The second-order valence-corrected chi connectivity index (χ2v) is 9.43. The van der Waals surface area contributed by atoms with Crippen LogP contribution in [0.2, 0.25) is 0 Å². The first-order valence-electron chi connectivity index (χ1n) is 13.2. The van der Waals surface area contributed by atoms with E-state index in [0.29, 0.717) is 23.0 Å². The highest BCUT2D eigenvalue weighted by molar-refractivity contribution is 5.82. The van der Waals surface area contributed by atoms with E-state index in [1.54, 1.807) is 28.4 Å². The molecule has 0 aliphatic rings. The van der Waals surface area contributed by atoms with Crippen molar-refractivity contribution in [2.45, 2.75) is 6.92 Å². The second-order valence-electron chi connectivity index (χ2n) is 9.43. The minimum atomic E-state index is 0.663. The molecule has 0 spiro atoms. The predicted octanol–water partition coefficient (Wildman–Crippen LogP) is 7.99. The second kappa shape index (κ2) is 12.4. The lowest BCUT2D eigenvalue weighted by Gasteiger charge is -2.14. The molecule has 0 unspecified atom stereocenters. The Hall–Kier alpha value is -5.10. The Bertz CT molecular complexity index is 1700. The minimum Gasteiger partial charge on any atom is -0.493 e. The van der Waals surface area contributed by atoms with Gasteiger partial charge >= 0.3 is 0 Å². The third-order valence-corrected chi connectivity index (χ3v) is 6.90. The van der Waals surface area contributed by atoms with Crippen LogP contribution in [0.1, 0.15) is 16.7 Å². The highest BCUT2D eigenvalue weighted by Gasteiger charge is 2.14. The maximum atomic E-state index is 5.53. The van der Waals surface area contributed by atoms with Gasteiger partial charge in [0.2, 0.25) is 0 Å². The van der Waals surface area contributed by atoms with Crippen molar-refractivity contribution in [2.24, 2.45) is 0 Å². The topological polar surface area (TPSA) is 62.7 Å². The quantitative estimate of drug-likeness (QED) is 0.187. The van der Waals surface area contributed by atoms with Gasteiger partial charge in [-0.2, -0.15) is 0 Å². The molecule has 0 aliphatic heterocycles. The van der Waals surface area contributed by atoms with Gasteiger partial charge in [0.15, 0.2) is 23.0 Å². The van der Waals surface area contributed by atoms with Crippen LogP contribution in [0, 0.1) is 6.92 Å². The number of benzene rings is 3. The molecule has 6 heteroatoms. The molecule has 5 aromatic rings. The van der Waals surface area contributed by atoms with E-state index in [-0.39, 0.29) is 0 Å². The third kappa shape index (κ3) is 5.92. The first-order valence-corrected chi connectivity index (χ1v) is 13.2. The fraction of sp³-hybridized carbons (Fsp3) is 0.143. The Balaban J connectivity index is 1.58. The molecule has 0 saturated carbocycles. The van der Waals surface area contributed by atoms with Gasteiger partial charge in [-0.3, -0.25) is 9.97 Å². The fourth-order valence-electron chi connectivity index (χ4n) is 4.76. The van der Waals surface area contributed by atoms with Gasteiger partial charge in [-0.05, 0) is 66.1 Å². The summed E-state index contributed by atoms with van der Waals surface area (Å²) < 4.78 is 21.8. The Morgan fingerprint density at radius 3 is 1.73 bits per heavy atom. The monoisotopic (exact) mass is 544 g/mol. The zero-order chi connectivity index (χ0) is 28.8. The largest absolute Gasteiger partial charge is 0.493 e. The summed E-state index contributed by atoms with van der Waals surface area (Å²) in [5, 5.41) is 0. The maximum absolute atomic E-state index is 5.53. The molecule has 0 radical (unpaired) electrons. The fourth-order valence-corrected chi connectivity index (χ4v) is 4.76. The number of hydrogen-bond acceptors (Lipinski definition) is 6. The van der Waals surface area contributed by atoms with E-state index in [9.17, 15) is 0 Å².